The van der Waals surface area contributed by atoms with E-state index in [9.17, 15) is 5.11 Å². The minimum atomic E-state index is -0.326. The number of aliphatic hydroxyl groups is 1. The summed E-state index contributed by atoms with van der Waals surface area (Å²) >= 11 is 0. The maximum atomic E-state index is 10.3. The van der Waals surface area contributed by atoms with E-state index in [0.29, 0.717) is 0 Å². The number of nitrogens with zero attached hydrogens (tertiary/aromatic N) is 1. The zero-order valence-corrected chi connectivity index (χ0v) is 13.5. The zero-order chi connectivity index (χ0) is 14.8. The Hall–Kier alpha value is -0.860. The summed E-state index contributed by atoms with van der Waals surface area (Å²) in [6, 6.07) is 8.26. The molecule has 0 aliphatic heterocycles. The summed E-state index contributed by atoms with van der Waals surface area (Å²) in [5.41, 5.74) is 2.30. The maximum Gasteiger partial charge on any atom is 0.0802 e. The van der Waals surface area contributed by atoms with Gasteiger partial charge in [-0.15, -0.1) is 0 Å². The second-order valence-corrected chi connectivity index (χ2v) is 7.41. The highest BCUT2D eigenvalue weighted by Crippen LogP contribution is 2.48. The van der Waals surface area contributed by atoms with Crippen LogP contribution in [0.15, 0.2) is 24.3 Å². The standard InChI is InChI=1S/C19H29NO/c1-14-3-6-16(7-4-14)19(21)9-10-20(2)13-18-12-15-5-8-17(18)11-15/h3-4,6-7,15,17-19,21H,5,8-13H2,1-2H3. The van der Waals surface area contributed by atoms with E-state index in [4.69, 9.17) is 0 Å². The average molecular weight is 287 g/mol. The first kappa shape index (κ1) is 15.1. The third-order valence-electron chi connectivity index (χ3n) is 5.68. The molecule has 1 aromatic carbocycles. The predicted molar refractivity (Wildman–Crippen MR) is 87.2 cm³/mol. The lowest BCUT2D eigenvalue weighted by Gasteiger charge is -2.27. The van der Waals surface area contributed by atoms with Crippen LogP contribution in [0.2, 0.25) is 0 Å². The number of rotatable bonds is 6. The van der Waals surface area contributed by atoms with Crippen molar-refractivity contribution >= 4 is 0 Å². The molecule has 2 fully saturated rings. The molecule has 1 aromatic rings. The minimum absolute atomic E-state index is 0.326. The van der Waals surface area contributed by atoms with Crippen LogP contribution in [0.1, 0.15) is 49.3 Å². The van der Waals surface area contributed by atoms with Crippen molar-refractivity contribution in [2.45, 2.75) is 45.1 Å². The van der Waals surface area contributed by atoms with E-state index < -0.39 is 0 Å². The third-order valence-corrected chi connectivity index (χ3v) is 5.68. The second kappa shape index (κ2) is 6.50. The Morgan fingerprint density at radius 1 is 1.19 bits per heavy atom. The van der Waals surface area contributed by atoms with E-state index >= 15 is 0 Å². The highest BCUT2D eigenvalue weighted by Gasteiger charge is 2.39. The normalized spacial score (nSPS) is 29.2. The van der Waals surface area contributed by atoms with Crippen molar-refractivity contribution in [3.05, 3.63) is 35.4 Å². The van der Waals surface area contributed by atoms with Crippen LogP contribution in [0.4, 0.5) is 0 Å². The van der Waals surface area contributed by atoms with E-state index in [-0.39, 0.29) is 6.10 Å². The van der Waals surface area contributed by atoms with Gasteiger partial charge in [0.25, 0.3) is 0 Å². The van der Waals surface area contributed by atoms with Crippen LogP contribution in [0.25, 0.3) is 0 Å². The van der Waals surface area contributed by atoms with Gasteiger partial charge >= 0.3 is 0 Å². The molecule has 1 N–H and O–H groups in total. The highest BCUT2D eigenvalue weighted by atomic mass is 16.3. The molecule has 4 unspecified atom stereocenters. The van der Waals surface area contributed by atoms with Crippen LogP contribution in [-0.4, -0.2) is 30.1 Å². The SMILES string of the molecule is Cc1ccc(C(O)CCN(C)CC2CC3CCC2C3)cc1. The van der Waals surface area contributed by atoms with E-state index in [1.54, 1.807) is 0 Å². The lowest BCUT2D eigenvalue weighted by atomic mass is 9.88. The van der Waals surface area contributed by atoms with Crippen LogP contribution in [0.3, 0.4) is 0 Å². The summed E-state index contributed by atoms with van der Waals surface area (Å²) in [4.78, 5) is 2.43. The Labute approximate surface area is 129 Å². The van der Waals surface area contributed by atoms with Crippen LogP contribution in [-0.2, 0) is 0 Å². The van der Waals surface area contributed by atoms with Crippen molar-refractivity contribution in [1.82, 2.24) is 4.90 Å². The first-order chi connectivity index (χ1) is 10.1. The Kier molecular flexibility index (Phi) is 4.66. The van der Waals surface area contributed by atoms with Gasteiger partial charge in [-0.2, -0.15) is 0 Å². The molecule has 0 radical (unpaired) electrons. The summed E-state index contributed by atoms with van der Waals surface area (Å²) < 4.78 is 0. The van der Waals surface area contributed by atoms with Gasteiger partial charge in [0.1, 0.15) is 0 Å². The molecule has 4 atom stereocenters. The highest BCUT2D eigenvalue weighted by molar-refractivity contribution is 5.23. The molecule has 2 nitrogen and oxygen atoms in total. The molecule has 2 aliphatic rings. The number of aryl methyl sites for hydroxylation is 1. The molecule has 0 heterocycles. The summed E-state index contributed by atoms with van der Waals surface area (Å²) in [5, 5.41) is 10.3. The number of hydrogen-bond acceptors (Lipinski definition) is 2. The molecule has 0 amide bonds. The molecule has 0 saturated heterocycles. The van der Waals surface area contributed by atoms with Gasteiger partial charge in [0.2, 0.25) is 0 Å². The Morgan fingerprint density at radius 3 is 2.57 bits per heavy atom. The topological polar surface area (TPSA) is 23.5 Å². The molecule has 0 aromatic heterocycles. The van der Waals surface area contributed by atoms with Gasteiger partial charge in [0.05, 0.1) is 6.10 Å². The van der Waals surface area contributed by atoms with Gasteiger partial charge in [0.15, 0.2) is 0 Å². The van der Waals surface area contributed by atoms with E-state index in [1.165, 1.54) is 37.8 Å². The summed E-state index contributed by atoms with van der Waals surface area (Å²) in [6.07, 6.45) is 6.40. The average Bonchev–Trinajstić information content (AvgIpc) is 3.08. The molecule has 2 heteroatoms. The van der Waals surface area contributed by atoms with E-state index in [2.05, 4.69) is 43.1 Å². The lowest BCUT2D eigenvalue weighted by molar-refractivity contribution is 0.138. The van der Waals surface area contributed by atoms with Gasteiger partial charge in [-0.1, -0.05) is 36.2 Å². The van der Waals surface area contributed by atoms with Gasteiger partial charge in [-0.05, 0) is 63.0 Å². The molecular formula is C19H29NO. The fourth-order valence-corrected chi connectivity index (χ4v) is 4.39. The van der Waals surface area contributed by atoms with Gasteiger partial charge in [0, 0.05) is 13.1 Å². The van der Waals surface area contributed by atoms with Crippen LogP contribution in [0, 0.1) is 24.7 Å². The predicted octanol–water partition coefficient (Wildman–Crippen LogP) is 3.79. The van der Waals surface area contributed by atoms with Crippen molar-refractivity contribution in [2.75, 3.05) is 20.1 Å². The second-order valence-electron chi connectivity index (χ2n) is 7.41. The van der Waals surface area contributed by atoms with Crippen LogP contribution < -0.4 is 0 Å². The van der Waals surface area contributed by atoms with Crippen molar-refractivity contribution < 1.29 is 5.11 Å². The Balaban J connectivity index is 1.43. The number of hydrogen-bond donors (Lipinski definition) is 1. The number of benzene rings is 1. The monoisotopic (exact) mass is 287 g/mol. The summed E-state index contributed by atoms with van der Waals surface area (Å²) in [7, 11) is 2.22. The van der Waals surface area contributed by atoms with Crippen LogP contribution in [0.5, 0.6) is 0 Å². The van der Waals surface area contributed by atoms with Crippen LogP contribution >= 0.6 is 0 Å². The molecule has 0 spiro atoms. The van der Waals surface area contributed by atoms with Crippen molar-refractivity contribution in [2.24, 2.45) is 17.8 Å². The van der Waals surface area contributed by atoms with Gasteiger partial charge in [-0.25, -0.2) is 0 Å². The summed E-state index contributed by atoms with van der Waals surface area (Å²) in [6.45, 7) is 4.30. The molecule has 2 saturated carbocycles. The number of aliphatic hydroxyl groups excluding tert-OH is 1. The van der Waals surface area contributed by atoms with Crippen molar-refractivity contribution in [1.29, 1.82) is 0 Å². The van der Waals surface area contributed by atoms with E-state index in [0.717, 1.165) is 36.3 Å². The third kappa shape index (κ3) is 3.67. The minimum Gasteiger partial charge on any atom is -0.388 e. The Bertz CT molecular complexity index is 455. The first-order valence-electron chi connectivity index (χ1n) is 8.55. The fraction of sp³-hybridized carbons (Fsp3) is 0.684. The molecule has 21 heavy (non-hydrogen) atoms. The molecular weight excluding hydrogens is 258 g/mol. The van der Waals surface area contributed by atoms with Crippen molar-refractivity contribution in [3.63, 3.8) is 0 Å². The maximum absolute atomic E-state index is 10.3. The van der Waals surface area contributed by atoms with E-state index in [1.807, 2.05) is 0 Å². The first-order valence-corrected chi connectivity index (χ1v) is 8.55. The quantitative estimate of drug-likeness (QED) is 0.860. The zero-order valence-electron chi connectivity index (χ0n) is 13.5. The lowest BCUT2D eigenvalue weighted by Crippen LogP contribution is -2.30. The summed E-state index contributed by atoms with van der Waals surface area (Å²) in [5.74, 6) is 2.95. The largest absolute Gasteiger partial charge is 0.388 e. The van der Waals surface area contributed by atoms with Crippen molar-refractivity contribution in [3.8, 4) is 0 Å². The molecule has 2 aliphatic carbocycles. The molecule has 2 bridgehead atoms. The molecule has 3 rings (SSSR count). The van der Waals surface area contributed by atoms with Gasteiger partial charge < -0.3 is 10.0 Å². The molecule has 116 valence electrons. The number of fused-ring (bicyclic) bond motifs is 2. The fourth-order valence-electron chi connectivity index (χ4n) is 4.39. The Morgan fingerprint density at radius 2 is 1.95 bits per heavy atom. The smallest absolute Gasteiger partial charge is 0.0802 e. The van der Waals surface area contributed by atoms with Gasteiger partial charge in [-0.3, -0.25) is 0 Å².